The predicted octanol–water partition coefficient (Wildman–Crippen LogP) is 4.79. The van der Waals surface area contributed by atoms with Crippen molar-refractivity contribution in [1.82, 2.24) is 0 Å². The molecule has 1 N–H and O–H groups in total. The highest BCUT2D eigenvalue weighted by molar-refractivity contribution is 5.68. The molecule has 1 atom stereocenters. The maximum absolute atomic E-state index is 10.2. The van der Waals surface area contributed by atoms with Crippen LogP contribution in [0.25, 0.3) is 0 Å². The van der Waals surface area contributed by atoms with Gasteiger partial charge >= 0.3 is 5.97 Å². The summed E-state index contributed by atoms with van der Waals surface area (Å²) < 4.78 is 0. The maximum atomic E-state index is 10.2. The van der Waals surface area contributed by atoms with Crippen LogP contribution in [0.5, 0.6) is 0 Å². The lowest BCUT2D eigenvalue weighted by molar-refractivity contribution is -0.136. The molecule has 0 aliphatic heterocycles. The summed E-state index contributed by atoms with van der Waals surface area (Å²) in [5.41, 5.74) is 0. The molecule has 0 amide bonds. The Morgan fingerprint density at radius 3 is 2.41 bits per heavy atom. The summed E-state index contributed by atoms with van der Waals surface area (Å²) in [5, 5.41) is 8.43. The monoisotopic (exact) mass is 240 g/mol. The van der Waals surface area contributed by atoms with Gasteiger partial charge in [0.05, 0.1) is 6.42 Å². The van der Waals surface area contributed by atoms with Gasteiger partial charge in [-0.15, -0.1) is 0 Å². The molecular formula is C15H28O2. The van der Waals surface area contributed by atoms with Crippen LogP contribution in [0.15, 0.2) is 12.2 Å². The fourth-order valence-corrected chi connectivity index (χ4v) is 1.79. The molecular weight excluding hydrogens is 212 g/mol. The summed E-state index contributed by atoms with van der Waals surface area (Å²) in [7, 11) is 0. The molecule has 0 rings (SSSR count). The number of hydrogen-bond acceptors (Lipinski definition) is 1. The molecule has 0 aromatic rings. The molecule has 1 unspecified atom stereocenters. The van der Waals surface area contributed by atoms with E-state index in [1.165, 1.54) is 44.9 Å². The van der Waals surface area contributed by atoms with E-state index in [1.807, 2.05) is 6.08 Å². The fourth-order valence-electron chi connectivity index (χ4n) is 1.79. The summed E-state index contributed by atoms with van der Waals surface area (Å²) >= 11 is 0. The van der Waals surface area contributed by atoms with Gasteiger partial charge in [-0.2, -0.15) is 0 Å². The van der Waals surface area contributed by atoms with E-state index >= 15 is 0 Å². The minimum absolute atomic E-state index is 0.162. The first-order valence-electron chi connectivity index (χ1n) is 7.03. The first-order valence-corrected chi connectivity index (χ1v) is 7.03. The van der Waals surface area contributed by atoms with Crippen molar-refractivity contribution in [3.8, 4) is 0 Å². The van der Waals surface area contributed by atoms with Crippen molar-refractivity contribution >= 4 is 5.97 Å². The minimum Gasteiger partial charge on any atom is -0.481 e. The molecule has 0 aliphatic carbocycles. The molecule has 0 saturated heterocycles. The van der Waals surface area contributed by atoms with Crippen LogP contribution in [0, 0.1) is 5.92 Å². The second-order valence-electron chi connectivity index (χ2n) is 4.93. The lowest BCUT2D eigenvalue weighted by Gasteiger charge is -2.07. The third-order valence-corrected chi connectivity index (χ3v) is 3.22. The van der Waals surface area contributed by atoms with Gasteiger partial charge in [0.25, 0.3) is 0 Å². The van der Waals surface area contributed by atoms with Crippen molar-refractivity contribution in [1.29, 1.82) is 0 Å². The highest BCUT2D eigenvalue weighted by atomic mass is 16.4. The Hall–Kier alpha value is -0.790. The van der Waals surface area contributed by atoms with Gasteiger partial charge in [0.1, 0.15) is 0 Å². The van der Waals surface area contributed by atoms with E-state index in [0.29, 0.717) is 0 Å². The van der Waals surface area contributed by atoms with Crippen LogP contribution >= 0.6 is 0 Å². The van der Waals surface area contributed by atoms with Crippen LogP contribution in [0.4, 0.5) is 0 Å². The van der Waals surface area contributed by atoms with E-state index in [9.17, 15) is 4.79 Å². The number of rotatable bonds is 11. The Labute approximate surface area is 106 Å². The van der Waals surface area contributed by atoms with E-state index in [-0.39, 0.29) is 6.42 Å². The van der Waals surface area contributed by atoms with E-state index < -0.39 is 5.97 Å². The number of carboxylic acids is 1. The van der Waals surface area contributed by atoms with Gasteiger partial charge in [-0.1, -0.05) is 64.5 Å². The maximum Gasteiger partial charge on any atom is 0.307 e. The summed E-state index contributed by atoms with van der Waals surface area (Å²) in [4.78, 5) is 10.2. The molecule has 0 fully saturated rings. The second kappa shape index (κ2) is 11.7. The average molecular weight is 240 g/mol. The number of aliphatic carboxylic acids is 1. The molecule has 0 aromatic carbocycles. The highest BCUT2D eigenvalue weighted by Crippen LogP contribution is 2.14. The lowest BCUT2D eigenvalue weighted by Crippen LogP contribution is -1.91. The average Bonchev–Trinajstić information content (AvgIpc) is 2.30. The number of unbranched alkanes of at least 4 members (excludes halogenated alkanes) is 5. The molecule has 2 heteroatoms. The summed E-state index contributed by atoms with van der Waals surface area (Å²) in [5.74, 6) is 0.139. The Morgan fingerprint density at radius 1 is 1.12 bits per heavy atom. The first-order chi connectivity index (χ1) is 8.16. The van der Waals surface area contributed by atoms with Crippen LogP contribution in [0.1, 0.15) is 71.6 Å². The summed E-state index contributed by atoms with van der Waals surface area (Å²) in [6.45, 7) is 4.58. The minimum atomic E-state index is -0.744. The molecule has 0 spiro atoms. The van der Waals surface area contributed by atoms with E-state index in [1.54, 1.807) is 6.08 Å². The van der Waals surface area contributed by atoms with Gasteiger partial charge in [-0.05, 0) is 18.8 Å². The molecule has 17 heavy (non-hydrogen) atoms. The van der Waals surface area contributed by atoms with Gasteiger partial charge < -0.3 is 5.11 Å². The van der Waals surface area contributed by atoms with E-state index in [2.05, 4.69) is 13.8 Å². The van der Waals surface area contributed by atoms with E-state index in [0.717, 1.165) is 12.3 Å². The van der Waals surface area contributed by atoms with Gasteiger partial charge in [-0.25, -0.2) is 0 Å². The van der Waals surface area contributed by atoms with Gasteiger partial charge in [0.15, 0.2) is 0 Å². The van der Waals surface area contributed by atoms with Gasteiger partial charge in [0, 0.05) is 0 Å². The van der Waals surface area contributed by atoms with Crippen LogP contribution in [0.3, 0.4) is 0 Å². The standard InChI is InChI=1S/C15H28O2/c1-3-14(2)12-10-8-6-4-5-7-9-11-13-15(16)17/h9,11,14H,3-8,10,12-13H2,1-2H3,(H,16,17). The van der Waals surface area contributed by atoms with Crippen molar-refractivity contribution in [3.05, 3.63) is 12.2 Å². The molecule has 2 nitrogen and oxygen atoms in total. The summed E-state index contributed by atoms with van der Waals surface area (Å²) in [6, 6.07) is 0. The highest BCUT2D eigenvalue weighted by Gasteiger charge is 1.97. The zero-order chi connectivity index (χ0) is 12.9. The van der Waals surface area contributed by atoms with E-state index in [4.69, 9.17) is 5.11 Å². The van der Waals surface area contributed by atoms with Crippen molar-refractivity contribution < 1.29 is 9.90 Å². The van der Waals surface area contributed by atoms with Crippen molar-refractivity contribution in [2.75, 3.05) is 0 Å². The molecule has 0 heterocycles. The van der Waals surface area contributed by atoms with Gasteiger partial charge in [-0.3, -0.25) is 4.79 Å². The van der Waals surface area contributed by atoms with Crippen LogP contribution in [-0.4, -0.2) is 11.1 Å². The molecule has 100 valence electrons. The zero-order valence-electron chi connectivity index (χ0n) is 11.5. The summed E-state index contributed by atoms with van der Waals surface area (Å²) in [6.07, 6.45) is 14.1. The molecule has 0 bridgehead atoms. The first kappa shape index (κ1) is 16.2. The van der Waals surface area contributed by atoms with Crippen molar-refractivity contribution in [2.24, 2.45) is 5.92 Å². The van der Waals surface area contributed by atoms with Crippen LogP contribution in [0.2, 0.25) is 0 Å². The number of allylic oxidation sites excluding steroid dienone is 1. The topological polar surface area (TPSA) is 37.3 Å². The SMILES string of the molecule is CCC(C)CCCCCCCC=CCC(=O)O. The largest absolute Gasteiger partial charge is 0.481 e. The van der Waals surface area contributed by atoms with Crippen LogP contribution < -0.4 is 0 Å². The molecule has 0 aliphatic rings. The predicted molar refractivity (Wildman–Crippen MR) is 73.2 cm³/mol. The third-order valence-electron chi connectivity index (χ3n) is 3.22. The smallest absolute Gasteiger partial charge is 0.307 e. The number of carboxylic acid groups (broad SMARTS) is 1. The molecule has 0 saturated carbocycles. The lowest BCUT2D eigenvalue weighted by atomic mass is 10.00. The number of carbonyl (C=O) groups is 1. The van der Waals surface area contributed by atoms with Gasteiger partial charge in [0.2, 0.25) is 0 Å². The normalized spacial score (nSPS) is 13.1. The quantitative estimate of drug-likeness (QED) is 0.416. The molecule has 0 aromatic heterocycles. The van der Waals surface area contributed by atoms with Crippen LogP contribution in [-0.2, 0) is 4.79 Å². The molecule has 0 radical (unpaired) electrons. The van der Waals surface area contributed by atoms with Crippen molar-refractivity contribution in [2.45, 2.75) is 71.6 Å². The zero-order valence-corrected chi connectivity index (χ0v) is 11.5. The fraction of sp³-hybridized carbons (Fsp3) is 0.800. The Bertz CT molecular complexity index is 209. The third kappa shape index (κ3) is 13.1. The van der Waals surface area contributed by atoms with Crippen molar-refractivity contribution in [3.63, 3.8) is 0 Å². The number of hydrogen-bond donors (Lipinski definition) is 1. The Morgan fingerprint density at radius 2 is 1.76 bits per heavy atom. The Balaban J connectivity index is 3.13. The Kier molecular flexibility index (Phi) is 11.1. The second-order valence-corrected chi connectivity index (χ2v) is 4.93.